The van der Waals surface area contributed by atoms with Gasteiger partial charge in [-0.2, -0.15) is 0 Å². The monoisotopic (exact) mass is 460 g/mol. The second-order valence-corrected chi connectivity index (χ2v) is 8.40. The fourth-order valence-corrected chi connectivity index (χ4v) is 4.69. The second kappa shape index (κ2) is 9.83. The highest BCUT2D eigenvalue weighted by Gasteiger charge is 2.30. The summed E-state index contributed by atoms with van der Waals surface area (Å²) in [6.07, 6.45) is 5.59. The van der Waals surface area contributed by atoms with Gasteiger partial charge in [-0.3, -0.25) is 9.36 Å². The van der Waals surface area contributed by atoms with Gasteiger partial charge < -0.3 is 9.47 Å². The molecule has 2 heterocycles. The Morgan fingerprint density at radius 3 is 2.52 bits per heavy atom. The number of methoxy groups -OCH3 is 1. The molecule has 0 aliphatic carbocycles. The van der Waals surface area contributed by atoms with E-state index in [1.807, 2.05) is 72.8 Å². The summed E-state index contributed by atoms with van der Waals surface area (Å²) >= 11 is 1.30. The van der Waals surface area contributed by atoms with Gasteiger partial charge in [0.2, 0.25) is 0 Å². The van der Waals surface area contributed by atoms with Gasteiger partial charge in [0.1, 0.15) is 5.75 Å². The topological polar surface area (TPSA) is 69.9 Å². The summed E-state index contributed by atoms with van der Waals surface area (Å²) < 4.78 is 12.6. The average Bonchev–Trinajstić information content (AvgIpc) is 3.13. The molecule has 0 saturated carbocycles. The smallest absolute Gasteiger partial charge is 0.338 e. The van der Waals surface area contributed by atoms with E-state index in [-0.39, 0.29) is 12.2 Å². The number of hydrogen-bond donors (Lipinski definition) is 0. The lowest BCUT2D eigenvalue weighted by atomic mass is 10.0. The van der Waals surface area contributed by atoms with Gasteiger partial charge in [0.25, 0.3) is 5.56 Å². The first-order valence-electron chi connectivity index (χ1n) is 10.6. The maximum atomic E-state index is 13.4. The Morgan fingerprint density at radius 2 is 1.85 bits per heavy atom. The number of hydrogen-bond acceptors (Lipinski definition) is 6. The molecule has 6 nitrogen and oxygen atoms in total. The highest BCUT2D eigenvalue weighted by atomic mass is 32.1. The van der Waals surface area contributed by atoms with Crippen molar-refractivity contribution >= 4 is 29.5 Å². The number of esters is 1. The van der Waals surface area contributed by atoms with Crippen molar-refractivity contribution in [1.82, 2.24) is 4.57 Å². The number of thiazole rings is 1. The van der Waals surface area contributed by atoms with Crippen LogP contribution in [0, 0.1) is 0 Å². The van der Waals surface area contributed by atoms with Gasteiger partial charge in [-0.15, -0.1) is 0 Å². The van der Waals surface area contributed by atoms with Gasteiger partial charge in [0, 0.05) is 0 Å². The Balaban J connectivity index is 1.84. The van der Waals surface area contributed by atoms with Crippen molar-refractivity contribution in [1.29, 1.82) is 0 Å². The summed E-state index contributed by atoms with van der Waals surface area (Å²) in [6, 6.07) is 16.6. The third-order valence-corrected chi connectivity index (χ3v) is 6.23. The zero-order valence-electron chi connectivity index (χ0n) is 18.6. The highest BCUT2D eigenvalue weighted by molar-refractivity contribution is 7.07. The first-order chi connectivity index (χ1) is 16.0. The van der Waals surface area contributed by atoms with Crippen LogP contribution in [0.15, 0.2) is 81.7 Å². The fourth-order valence-electron chi connectivity index (χ4n) is 3.63. The largest absolute Gasteiger partial charge is 0.497 e. The van der Waals surface area contributed by atoms with E-state index in [1.165, 1.54) is 11.3 Å². The molecule has 0 spiro atoms. The normalized spacial score (nSPS) is 16.0. The van der Waals surface area contributed by atoms with E-state index in [1.54, 1.807) is 25.5 Å². The lowest BCUT2D eigenvalue weighted by Crippen LogP contribution is -2.38. The van der Waals surface area contributed by atoms with Gasteiger partial charge in [-0.1, -0.05) is 66.0 Å². The minimum absolute atomic E-state index is 0.202. The van der Waals surface area contributed by atoms with Gasteiger partial charge in [-0.25, -0.2) is 9.79 Å². The number of benzene rings is 2. The fraction of sp³-hybridized carbons (Fsp3) is 0.192. The minimum atomic E-state index is -0.612. The Kier molecular flexibility index (Phi) is 6.70. The summed E-state index contributed by atoms with van der Waals surface area (Å²) in [5, 5.41) is 0. The molecule has 0 saturated heterocycles. The second-order valence-electron chi connectivity index (χ2n) is 7.39. The van der Waals surface area contributed by atoms with Crippen LogP contribution >= 0.6 is 11.3 Å². The van der Waals surface area contributed by atoms with Crippen molar-refractivity contribution in [3.63, 3.8) is 0 Å². The number of ether oxygens (including phenoxy) is 2. The predicted molar refractivity (Wildman–Crippen MR) is 130 cm³/mol. The van der Waals surface area contributed by atoms with Crippen molar-refractivity contribution in [2.45, 2.75) is 19.9 Å². The van der Waals surface area contributed by atoms with Crippen molar-refractivity contribution in [3.05, 3.63) is 103 Å². The lowest BCUT2D eigenvalue weighted by Gasteiger charge is -2.21. The quantitative estimate of drug-likeness (QED) is 0.528. The highest BCUT2D eigenvalue weighted by Crippen LogP contribution is 2.26. The Bertz CT molecular complexity index is 1400. The van der Waals surface area contributed by atoms with Crippen LogP contribution in [0.2, 0.25) is 0 Å². The van der Waals surface area contributed by atoms with E-state index in [4.69, 9.17) is 9.47 Å². The van der Waals surface area contributed by atoms with E-state index in [2.05, 4.69) is 4.99 Å². The Morgan fingerprint density at radius 1 is 1.12 bits per heavy atom. The molecule has 4 rings (SSSR count). The predicted octanol–water partition coefficient (Wildman–Crippen LogP) is 3.47. The van der Waals surface area contributed by atoms with Crippen molar-refractivity contribution in [2.24, 2.45) is 4.99 Å². The van der Waals surface area contributed by atoms with Gasteiger partial charge in [0.15, 0.2) is 4.80 Å². The molecule has 0 fully saturated rings. The van der Waals surface area contributed by atoms with Crippen LogP contribution in [-0.4, -0.2) is 24.3 Å². The van der Waals surface area contributed by atoms with Crippen LogP contribution in [0.5, 0.6) is 5.75 Å². The number of nitrogens with zero attached hydrogens (tertiary/aromatic N) is 2. The molecule has 7 heteroatoms. The summed E-state index contributed by atoms with van der Waals surface area (Å²) in [7, 11) is 1.61. The minimum Gasteiger partial charge on any atom is -0.497 e. The summed E-state index contributed by atoms with van der Waals surface area (Å²) in [4.78, 5) is 31.4. The van der Waals surface area contributed by atoms with Crippen LogP contribution in [0.4, 0.5) is 0 Å². The van der Waals surface area contributed by atoms with Crippen molar-refractivity contribution < 1.29 is 14.3 Å². The molecule has 0 N–H and O–H groups in total. The molecule has 1 aromatic heterocycles. The van der Waals surface area contributed by atoms with Crippen LogP contribution in [0.3, 0.4) is 0 Å². The zero-order chi connectivity index (χ0) is 23.4. The number of carbonyl (C=O) groups is 1. The number of allylic oxidation sites excluding steroid dienone is 2. The summed E-state index contributed by atoms with van der Waals surface area (Å²) in [6.45, 7) is 3.77. The maximum absolute atomic E-state index is 13.4. The molecule has 3 aromatic rings. The molecule has 1 aliphatic heterocycles. The van der Waals surface area contributed by atoms with Crippen molar-refractivity contribution in [3.8, 4) is 5.75 Å². The van der Waals surface area contributed by atoms with E-state index >= 15 is 0 Å². The number of aromatic nitrogens is 1. The van der Waals surface area contributed by atoms with Crippen LogP contribution in [0.1, 0.15) is 31.0 Å². The molecule has 1 unspecified atom stereocenters. The number of carbonyl (C=O) groups excluding carboxylic acids is 1. The first kappa shape index (κ1) is 22.5. The number of rotatable bonds is 6. The molecule has 1 aliphatic rings. The van der Waals surface area contributed by atoms with Crippen LogP contribution in [0.25, 0.3) is 12.2 Å². The molecule has 0 radical (unpaired) electrons. The third kappa shape index (κ3) is 4.73. The Labute approximate surface area is 195 Å². The molecule has 2 aromatic carbocycles. The molecule has 33 heavy (non-hydrogen) atoms. The van der Waals surface area contributed by atoms with E-state index < -0.39 is 12.0 Å². The number of fused-ring (bicyclic) bond motifs is 1. The summed E-state index contributed by atoms with van der Waals surface area (Å²) in [5.74, 6) is 0.278. The molecular formula is C26H24N2O4S. The third-order valence-electron chi connectivity index (χ3n) is 5.24. The van der Waals surface area contributed by atoms with Gasteiger partial charge in [-0.05, 0) is 43.2 Å². The molecule has 0 amide bonds. The SMILES string of the molecule is CCOC(=O)C1=C(C)N=c2sc(=Cc3ccc(OC)cc3)c(=O)n2C1/C=C/c1ccccc1. The van der Waals surface area contributed by atoms with Crippen LogP contribution < -0.4 is 19.6 Å². The zero-order valence-corrected chi connectivity index (χ0v) is 19.5. The average molecular weight is 461 g/mol. The molecular weight excluding hydrogens is 436 g/mol. The summed E-state index contributed by atoms with van der Waals surface area (Å²) in [5.41, 5.74) is 2.56. The van der Waals surface area contributed by atoms with E-state index in [9.17, 15) is 9.59 Å². The van der Waals surface area contributed by atoms with Crippen molar-refractivity contribution in [2.75, 3.05) is 13.7 Å². The van der Waals surface area contributed by atoms with E-state index in [0.29, 0.717) is 20.6 Å². The Hall–Kier alpha value is -3.71. The van der Waals surface area contributed by atoms with Gasteiger partial charge >= 0.3 is 5.97 Å². The van der Waals surface area contributed by atoms with Crippen LogP contribution in [-0.2, 0) is 9.53 Å². The lowest BCUT2D eigenvalue weighted by molar-refractivity contribution is -0.139. The van der Waals surface area contributed by atoms with Gasteiger partial charge in [0.05, 0.1) is 35.6 Å². The molecule has 0 bridgehead atoms. The van der Waals surface area contributed by atoms with E-state index in [0.717, 1.165) is 16.9 Å². The molecule has 1 atom stereocenters. The maximum Gasteiger partial charge on any atom is 0.338 e. The standard InChI is InChI=1S/C26H24N2O4S/c1-4-32-25(30)23-17(2)27-26-28(21(23)15-12-18-8-6-5-7-9-18)24(29)22(33-26)16-19-10-13-20(31-3)14-11-19/h5-16,21H,4H2,1-3H3/b15-12+,22-16?. The first-order valence-corrected chi connectivity index (χ1v) is 11.4. The molecule has 168 valence electrons.